The molecule has 0 amide bonds. The van der Waals surface area contributed by atoms with Crippen LogP contribution in [0.25, 0.3) is 0 Å². The van der Waals surface area contributed by atoms with Gasteiger partial charge < -0.3 is 24.8 Å². The Kier molecular flexibility index (Phi) is 8.03. The molecule has 1 aliphatic carbocycles. The fourth-order valence-electron chi connectivity index (χ4n) is 3.64. The summed E-state index contributed by atoms with van der Waals surface area (Å²) in [4.78, 5) is 4.34. The van der Waals surface area contributed by atoms with Crippen molar-refractivity contribution in [2.75, 3.05) is 33.9 Å². The van der Waals surface area contributed by atoms with Gasteiger partial charge in [-0.15, -0.1) is 0 Å². The van der Waals surface area contributed by atoms with Gasteiger partial charge in [-0.05, 0) is 50.7 Å². The summed E-state index contributed by atoms with van der Waals surface area (Å²) in [5, 5.41) is 6.79. The standard InChI is InChI=1S/C22H33N3O3/c1-23-22(24-12-9-17-10-13-27-14-11-17)25-16-18-7-8-20(26-2)15-21(18)28-19-5-3-4-6-19/h7-8,10,15,19H,3-6,9,11-14,16H2,1-2H3,(H2,23,24,25). The van der Waals surface area contributed by atoms with Gasteiger partial charge in [0.1, 0.15) is 11.5 Å². The third kappa shape index (κ3) is 6.16. The number of hydrogen-bond acceptors (Lipinski definition) is 4. The second kappa shape index (κ2) is 11.0. The molecule has 6 nitrogen and oxygen atoms in total. The Morgan fingerprint density at radius 3 is 2.82 bits per heavy atom. The van der Waals surface area contributed by atoms with Crippen molar-refractivity contribution in [1.29, 1.82) is 0 Å². The number of guanidine groups is 1. The monoisotopic (exact) mass is 387 g/mol. The number of rotatable bonds is 8. The first-order valence-corrected chi connectivity index (χ1v) is 10.3. The van der Waals surface area contributed by atoms with E-state index >= 15 is 0 Å². The molecule has 0 spiro atoms. The summed E-state index contributed by atoms with van der Waals surface area (Å²) in [5.74, 6) is 2.53. The van der Waals surface area contributed by atoms with E-state index in [-0.39, 0.29) is 0 Å². The molecule has 0 saturated heterocycles. The van der Waals surface area contributed by atoms with Gasteiger partial charge in [-0.25, -0.2) is 0 Å². The molecule has 0 bridgehead atoms. The second-order valence-electron chi connectivity index (χ2n) is 7.29. The van der Waals surface area contributed by atoms with Gasteiger partial charge in [0, 0.05) is 31.8 Å². The zero-order valence-corrected chi connectivity index (χ0v) is 17.1. The highest BCUT2D eigenvalue weighted by atomic mass is 16.5. The van der Waals surface area contributed by atoms with Crippen LogP contribution in [0.2, 0.25) is 0 Å². The normalized spacial score (nSPS) is 17.9. The summed E-state index contributed by atoms with van der Waals surface area (Å²) < 4.78 is 17.0. The largest absolute Gasteiger partial charge is 0.497 e. The van der Waals surface area contributed by atoms with Crippen molar-refractivity contribution in [3.63, 3.8) is 0 Å². The number of benzene rings is 1. The summed E-state index contributed by atoms with van der Waals surface area (Å²) in [6, 6.07) is 6.03. The zero-order valence-electron chi connectivity index (χ0n) is 17.1. The minimum atomic E-state index is 0.316. The van der Waals surface area contributed by atoms with E-state index in [2.05, 4.69) is 27.8 Å². The molecule has 154 valence electrons. The van der Waals surface area contributed by atoms with Crippen molar-refractivity contribution in [3.05, 3.63) is 35.4 Å². The highest BCUT2D eigenvalue weighted by Gasteiger charge is 2.18. The lowest BCUT2D eigenvalue weighted by molar-refractivity contribution is 0.153. The fraction of sp³-hybridized carbons (Fsp3) is 0.591. The molecule has 2 N–H and O–H groups in total. The Labute approximate surface area is 168 Å². The molecule has 3 rings (SSSR count). The predicted octanol–water partition coefficient (Wildman–Crippen LogP) is 3.42. The third-order valence-electron chi connectivity index (χ3n) is 5.34. The quantitative estimate of drug-likeness (QED) is 0.407. The van der Waals surface area contributed by atoms with Crippen molar-refractivity contribution >= 4 is 5.96 Å². The van der Waals surface area contributed by atoms with Gasteiger partial charge in [0.2, 0.25) is 0 Å². The van der Waals surface area contributed by atoms with Crippen molar-refractivity contribution in [3.8, 4) is 11.5 Å². The highest BCUT2D eigenvalue weighted by molar-refractivity contribution is 5.79. The summed E-state index contributed by atoms with van der Waals surface area (Å²) in [5.41, 5.74) is 2.57. The van der Waals surface area contributed by atoms with Gasteiger partial charge in [0.05, 0.1) is 26.4 Å². The van der Waals surface area contributed by atoms with E-state index in [1.807, 2.05) is 12.1 Å². The van der Waals surface area contributed by atoms with E-state index in [0.717, 1.165) is 68.5 Å². The molecule has 1 heterocycles. The first-order valence-electron chi connectivity index (χ1n) is 10.3. The average molecular weight is 388 g/mol. The SMILES string of the molecule is CN=C(NCCC1=CCOCC1)NCc1ccc(OC)cc1OC1CCCC1. The lowest BCUT2D eigenvalue weighted by Gasteiger charge is -2.19. The summed E-state index contributed by atoms with van der Waals surface area (Å²) in [6.07, 6.45) is 9.32. The van der Waals surface area contributed by atoms with Crippen LogP contribution in [0.3, 0.4) is 0 Å². The van der Waals surface area contributed by atoms with Gasteiger partial charge in [-0.1, -0.05) is 11.6 Å². The first-order chi connectivity index (χ1) is 13.8. The maximum Gasteiger partial charge on any atom is 0.191 e. The van der Waals surface area contributed by atoms with E-state index in [1.54, 1.807) is 14.2 Å². The molecule has 1 aromatic rings. The van der Waals surface area contributed by atoms with E-state index in [1.165, 1.54) is 18.4 Å². The molecule has 0 unspecified atom stereocenters. The molecule has 0 atom stereocenters. The number of nitrogens with zero attached hydrogens (tertiary/aromatic N) is 1. The van der Waals surface area contributed by atoms with E-state index in [0.29, 0.717) is 12.6 Å². The van der Waals surface area contributed by atoms with Gasteiger partial charge >= 0.3 is 0 Å². The van der Waals surface area contributed by atoms with E-state index in [9.17, 15) is 0 Å². The fourth-order valence-corrected chi connectivity index (χ4v) is 3.64. The summed E-state index contributed by atoms with van der Waals surface area (Å²) in [6.45, 7) is 3.09. The lowest BCUT2D eigenvalue weighted by Crippen LogP contribution is -2.37. The Balaban J connectivity index is 1.53. The van der Waals surface area contributed by atoms with E-state index < -0.39 is 0 Å². The smallest absolute Gasteiger partial charge is 0.191 e. The van der Waals surface area contributed by atoms with Gasteiger partial charge in [0.15, 0.2) is 5.96 Å². The van der Waals surface area contributed by atoms with Crippen molar-refractivity contribution < 1.29 is 14.2 Å². The second-order valence-corrected chi connectivity index (χ2v) is 7.29. The molecular weight excluding hydrogens is 354 g/mol. The molecule has 28 heavy (non-hydrogen) atoms. The van der Waals surface area contributed by atoms with Gasteiger partial charge in [0.25, 0.3) is 0 Å². The summed E-state index contributed by atoms with van der Waals surface area (Å²) in [7, 11) is 3.49. The third-order valence-corrected chi connectivity index (χ3v) is 5.34. The molecule has 6 heteroatoms. The maximum absolute atomic E-state index is 6.28. The Bertz CT molecular complexity index is 682. The number of hydrogen-bond donors (Lipinski definition) is 2. The molecule has 0 radical (unpaired) electrons. The Morgan fingerprint density at radius 2 is 2.11 bits per heavy atom. The van der Waals surface area contributed by atoms with Crippen molar-refractivity contribution in [2.45, 2.75) is 51.2 Å². The van der Waals surface area contributed by atoms with Crippen LogP contribution in [0.15, 0.2) is 34.8 Å². The van der Waals surface area contributed by atoms with E-state index in [4.69, 9.17) is 14.2 Å². The van der Waals surface area contributed by atoms with Crippen molar-refractivity contribution in [2.24, 2.45) is 4.99 Å². The van der Waals surface area contributed by atoms with Crippen LogP contribution in [0.1, 0.15) is 44.1 Å². The molecule has 1 saturated carbocycles. The molecule has 1 aromatic carbocycles. The minimum absolute atomic E-state index is 0.316. The van der Waals surface area contributed by atoms with Crippen LogP contribution in [0, 0.1) is 0 Å². The highest BCUT2D eigenvalue weighted by Crippen LogP contribution is 2.30. The van der Waals surface area contributed by atoms with Crippen LogP contribution in [-0.2, 0) is 11.3 Å². The topological polar surface area (TPSA) is 64.1 Å². The number of nitrogens with one attached hydrogen (secondary N) is 2. The Hall–Kier alpha value is -2.21. The maximum atomic E-state index is 6.28. The first kappa shape index (κ1) is 20.5. The Morgan fingerprint density at radius 1 is 1.25 bits per heavy atom. The van der Waals surface area contributed by atoms with Crippen LogP contribution in [0.4, 0.5) is 0 Å². The molecular formula is C22H33N3O3. The van der Waals surface area contributed by atoms with Crippen LogP contribution < -0.4 is 20.1 Å². The number of methoxy groups -OCH3 is 1. The van der Waals surface area contributed by atoms with Gasteiger partial charge in [-0.3, -0.25) is 4.99 Å². The van der Waals surface area contributed by atoms with Gasteiger partial charge in [-0.2, -0.15) is 0 Å². The van der Waals surface area contributed by atoms with Crippen LogP contribution >= 0.6 is 0 Å². The predicted molar refractivity (Wildman–Crippen MR) is 112 cm³/mol. The van der Waals surface area contributed by atoms with Crippen LogP contribution in [0.5, 0.6) is 11.5 Å². The van der Waals surface area contributed by atoms with Crippen LogP contribution in [-0.4, -0.2) is 46.0 Å². The lowest BCUT2D eigenvalue weighted by atomic mass is 10.1. The molecule has 2 aliphatic rings. The molecule has 0 aromatic heterocycles. The summed E-state index contributed by atoms with van der Waals surface area (Å²) >= 11 is 0. The average Bonchev–Trinajstić information content (AvgIpc) is 3.25. The molecule has 1 aliphatic heterocycles. The zero-order chi connectivity index (χ0) is 19.6. The number of aliphatic imine (C=N–C) groups is 1. The molecule has 1 fully saturated rings. The number of ether oxygens (including phenoxy) is 3. The van der Waals surface area contributed by atoms with Crippen molar-refractivity contribution in [1.82, 2.24) is 10.6 Å². The minimum Gasteiger partial charge on any atom is -0.497 e.